The summed E-state index contributed by atoms with van der Waals surface area (Å²) in [5.74, 6) is 1.42. The van der Waals surface area contributed by atoms with Crippen LogP contribution in [0.1, 0.15) is 49.5 Å². The topological polar surface area (TPSA) is 78.6 Å². The highest BCUT2D eigenvalue weighted by Crippen LogP contribution is 2.32. The van der Waals surface area contributed by atoms with E-state index < -0.39 is 16.7 Å². The van der Waals surface area contributed by atoms with Gasteiger partial charge in [-0.1, -0.05) is 25.0 Å². The number of hydrogen-bond acceptors (Lipinski definition) is 6. The maximum Gasteiger partial charge on any atom is 0.332 e. The Hall–Kier alpha value is -2.45. The highest BCUT2D eigenvalue weighted by atomic mass is 16.5. The van der Waals surface area contributed by atoms with Gasteiger partial charge in [-0.05, 0) is 37.0 Å². The minimum Gasteiger partial charge on any atom is -0.497 e. The van der Waals surface area contributed by atoms with Crippen molar-refractivity contribution in [3.8, 4) is 5.75 Å². The van der Waals surface area contributed by atoms with E-state index in [4.69, 9.17) is 9.47 Å². The predicted octanol–water partition coefficient (Wildman–Crippen LogP) is 1.70. The fraction of sp³-hybridized carbons (Fsp3) is 0.591. The molecule has 0 amide bonds. The molecule has 1 saturated carbocycles. The molecule has 1 aromatic heterocycles. The summed E-state index contributed by atoms with van der Waals surface area (Å²) in [4.78, 5) is 27.9. The quantitative estimate of drug-likeness (QED) is 0.712. The van der Waals surface area contributed by atoms with Crippen molar-refractivity contribution in [2.45, 2.75) is 63.4 Å². The van der Waals surface area contributed by atoms with Gasteiger partial charge in [-0.2, -0.15) is 5.10 Å². The Balaban J connectivity index is 1.33. The summed E-state index contributed by atoms with van der Waals surface area (Å²) in [6.07, 6.45) is 4.84. The van der Waals surface area contributed by atoms with Gasteiger partial charge in [0.1, 0.15) is 18.0 Å². The molecule has 1 spiro atoms. The number of likely N-dealkylation sites (tertiary alicyclic amines) is 1. The van der Waals surface area contributed by atoms with E-state index in [9.17, 15) is 9.59 Å². The average molecular weight is 412 g/mol. The first-order valence-electron chi connectivity index (χ1n) is 10.8. The Labute approximate surface area is 175 Å². The molecule has 1 aliphatic carbocycles. The SMILES string of the molecule is COc1ccc(CN2CC[C@@]3(C2)Cn2c(nn(C4CCCC4)c(=O)c2=O)CO3)cc1. The molecular weight excluding hydrogens is 384 g/mol. The lowest BCUT2D eigenvalue weighted by Crippen LogP contribution is -2.53. The molecule has 0 unspecified atom stereocenters. The van der Waals surface area contributed by atoms with Crippen LogP contribution < -0.4 is 15.9 Å². The molecule has 1 saturated heterocycles. The molecule has 2 aliphatic heterocycles. The van der Waals surface area contributed by atoms with Crippen molar-refractivity contribution in [1.82, 2.24) is 19.2 Å². The lowest BCUT2D eigenvalue weighted by Gasteiger charge is -2.35. The lowest BCUT2D eigenvalue weighted by atomic mass is 10.0. The Morgan fingerprint density at radius 3 is 2.63 bits per heavy atom. The summed E-state index contributed by atoms with van der Waals surface area (Å²) in [6, 6.07) is 8.13. The summed E-state index contributed by atoms with van der Waals surface area (Å²) in [6.45, 7) is 3.12. The molecule has 3 aliphatic rings. The monoisotopic (exact) mass is 412 g/mol. The number of hydrogen-bond donors (Lipinski definition) is 0. The Morgan fingerprint density at radius 2 is 1.90 bits per heavy atom. The Kier molecular flexibility index (Phi) is 4.99. The summed E-state index contributed by atoms with van der Waals surface area (Å²) >= 11 is 0. The van der Waals surface area contributed by atoms with Gasteiger partial charge < -0.3 is 9.47 Å². The Bertz CT molecular complexity index is 1040. The van der Waals surface area contributed by atoms with E-state index in [1.165, 1.54) is 10.2 Å². The molecule has 5 rings (SSSR count). The minimum absolute atomic E-state index is 0.0541. The van der Waals surface area contributed by atoms with Crippen LogP contribution in [-0.4, -0.2) is 45.0 Å². The van der Waals surface area contributed by atoms with Crippen LogP contribution in [0.5, 0.6) is 5.75 Å². The summed E-state index contributed by atoms with van der Waals surface area (Å²) in [7, 11) is 1.66. The van der Waals surface area contributed by atoms with Gasteiger partial charge in [0.2, 0.25) is 0 Å². The van der Waals surface area contributed by atoms with Gasteiger partial charge in [0.05, 0.1) is 19.7 Å². The minimum atomic E-state index is -0.490. The first-order valence-corrected chi connectivity index (χ1v) is 10.8. The molecule has 30 heavy (non-hydrogen) atoms. The molecule has 1 atom stereocenters. The summed E-state index contributed by atoms with van der Waals surface area (Å²) in [5.41, 5.74) is -0.168. The largest absolute Gasteiger partial charge is 0.497 e. The van der Waals surface area contributed by atoms with Crippen LogP contribution >= 0.6 is 0 Å². The highest BCUT2D eigenvalue weighted by molar-refractivity contribution is 5.27. The third kappa shape index (κ3) is 3.48. The van der Waals surface area contributed by atoms with Gasteiger partial charge in [-0.25, -0.2) is 4.68 Å². The highest BCUT2D eigenvalue weighted by Gasteiger charge is 2.43. The lowest BCUT2D eigenvalue weighted by molar-refractivity contribution is -0.0860. The van der Waals surface area contributed by atoms with E-state index >= 15 is 0 Å². The molecule has 1 aromatic carbocycles. The molecular formula is C22H28N4O4. The number of benzene rings is 1. The molecule has 0 radical (unpaired) electrons. The molecule has 8 nitrogen and oxygen atoms in total. The standard InChI is InChI=1S/C22H28N4O4/c1-29-18-8-6-16(7-9-18)12-24-11-10-22(14-24)15-25-19(13-30-22)23-26(21(28)20(25)27)17-4-2-3-5-17/h6-9,17H,2-5,10-15H2,1H3/t22-/m1/s1. The van der Waals surface area contributed by atoms with E-state index in [-0.39, 0.29) is 12.6 Å². The predicted molar refractivity (Wildman–Crippen MR) is 111 cm³/mol. The Morgan fingerprint density at radius 1 is 1.13 bits per heavy atom. The average Bonchev–Trinajstić information content (AvgIpc) is 3.43. The van der Waals surface area contributed by atoms with Gasteiger partial charge in [0.15, 0.2) is 5.82 Å². The molecule has 2 fully saturated rings. The summed E-state index contributed by atoms with van der Waals surface area (Å²) < 4.78 is 14.5. The maximum absolute atomic E-state index is 12.9. The number of fused-ring (bicyclic) bond motifs is 1. The second-order valence-corrected chi connectivity index (χ2v) is 8.78. The zero-order valence-electron chi connectivity index (χ0n) is 17.4. The second kappa shape index (κ2) is 7.67. The zero-order valence-corrected chi connectivity index (χ0v) is 17.4. The fourth-order valence-corrected chi connectivity index (χ4v) is 5.07. The smallest absolute Gasteiger partial charge is 0.332 e. The van der Waals surface area contributed by atoms with Crippen molar-refractivity contribution < 1.29 is 9.47 Å². The van der Waals surface area contributed by atoms with Gasteiger partial charge in [0, 0.05) is 19.6 Å². The third-order valence-corrected chi connectivity index (χ3v) is 6.76. The molecule has 8 heteroatoms. The maximum atomic E-state index is 12.9. The van der Waals surface area contributed by atoms with Gasteiger partial charge in [0.25, 0.3) is 0 Å². The van der Waals surface area contributed by atoms with Crippen molar-refractivity contribution in [3.05, 3.63) is 56.4 Å². The van der Waals surface area contributed by atoms with Crippen LogP contribution in [0.25, 0.3) is 0 Å². The molecule has 0 bridgehead atoms. The van der Waals surface area contributed by atoms with E-state index in [0.29, 0.717) is 12.4 Å². The van der Waals surface area contributed by atoms with Crippen molar-refractivity contribution in [3.63, 3.8) is 0 Å². The van der Waals surface area contributed by atoms with Gasteiger partial charge in [-0.3, -0.25) is 19.1 Å². The molecule has 160 valence electrons. The third-order valence-electron chi connectivity index (χ3n) is 6.76. The number of methoxy groups -OCH3 is 1. The molecule has 2 aromatic rings. The first kappa shape index (κ1) is 19.5. The number of aromatic nitrogens is 3. The number of ether oxygens (including phenoxy) is 2. The fourth-order valence-electron chi connectivity index (χ4n) is 5.07. The van der Waals surface area contributed by atoms with Crippen LogP contribution in [0, 0.1) is 0 Å². The normalized spacial score (nSPS) is 24.4. The number of rotatable bonds is 4. The van der Waals surface area contributed by atoms with Gasteiger partial charge >= 0.3 is 11.1 Å². The van der Waals surface area contributed by atoms with Gasteiger partial charge in [-0.15, -0.1) is 0 Å². The van der Waals surface area contributed by atoms with Crippen LogP contribution in [0.2, 0.25) is 0 Å². The first-order chi connectivity index (χ1) is 14.6. The van der Waals surface area contributed by atoms with Crippen LogP contribution in [0.4, 0.5) is 0 Å². The summed E-state index contributed by atoms with van der Waals surface area (Å²) in [5, 5.41) is 4.53. The van der Waals surface area contributed by atoms with Crippen LogP contribution in [0.15, 0.2) is 33.9 Å². The van der Waals surface area contributed by atoms with E-state index in [1.807, 2.05) is 12.1 Å². The molecule has 0 N–H and O–H groups in total. The zero-order chi connectivity index (χ0) is 20.7. The molecule has 3 heterocycles. The second-order valence-electron chi connectivity index (χ2n) is 8.78. The van der Waals surface area contributed by atoms with E-state index in [0.717, 1.165) is 57.5 Å². The van der Waals surface area contributed by atoms with Crippen LogP contribution in [0.3, 0.4) is 0 Å². The number of nitrogens with zero attached hydrogens (tertiary/aromatic N) is 4. The van der Waals surface area contributed by atoms with Crippen molar-refractivity contribution >= 4 is 0 Å². The van der Waals surface area contributed by atoms with Crippen molar-refractivity contribution in [2.75, 3.05) is 20.2 Å². The van der Waals surface area contributed by atoms with Crippen LogP contribution in [-0.2, 0) is 24.4 Å². The van der Waals surface area contributed by atoms with E-state index in [1.54, 1.807) is 11.7 Å². The van der Waals surface area contributed by atoms with Crippen molar-refractivity contribution in [2.24, 2.45) is 0 Å². The van der Waals surface area contributed by atoms with E-state index in [2.05, 4.69) is 22.1 Å². The van der Waals surface area contributed by atoms with Crippen molar-refractivity contribution in [1.29, 1.82) is 0 Å².